The van der Waals surface area contributed by atoms with Gasteiger partial charge in [-0.2, -0.15) is 4.98 Å². The van der Waals surface area contributed by atoms with E-state index in [9.17, 15) is 0 Å². The number of hydrogen-bond donors (Lipinski definition) is 1. The van der Waals surface area contributed by atoms with Gasteiger partial charge in [0.15, 0.2) is 5.82 Å². The van der Waals surface area contributed by atoms with Gasteiger partial charge >= 0.3 is 0 Å². The molecule has 1 aliphatic carbocycles. The summed E-state index contributed by atoms with van der Waals surface area (Å²) in [4.78, 5) is 9.96. The number of nitrogens with zero attached hydrogens (tertiary/aromatic N) is 3. The first-order chi connectivity index (χ1) is 6.18. The second-order valence-electron chi connectivity index (χ2n) is 3.24. The molecular formula is C8H11ClN4. The summed E-state index contributed by atoms with van der Waals surface area (Å²) in [6.07, 6.45) is 3.95. The highest BCUT2D eigenvalue weighted by molar-refractivity contribution is 6.32. The van der Waals surface area contributed by atoms with E-state index in [-0.39, 0.29) is 5.95 Å². The summed E-state index contributed by atoms with van der Waals surface area (Å²) in [5.41, 5.74) is 5.48. The first-order valence-corrected chi connectivity index (χ1v) is 4.57. The molecule has 0 aromatic carbocycles. The first-order valence-electron chi connectivity index (χ1n) is 4.19. The standard InChI is InChI=1S/C8H11ClN4/c1-13(5-2-3-5)7-6(9)4-11-8(10)12-7/h4-5H,2-3H2,1H3,(H2,10,11,12). The van der Waals surface area contributed by atoms with Crippen molar-refractivity contribution in [1.29, 1.82) is 0 Å². The van der Waals surface area contributed by atoms with E-state index in [2.05, 4.69) is 14.9 Å². The van der Waals surface area contributed by atoms with Crippen LogP contribution in [0.25, 0.3) is 0 Å². The van der Waals surface area contributed by atoms with Gasteiger partial charge in [0.1, 0.15) is 5.02 Å². The van der Waals surface area contributed by atoms with Crippen LogP contribution in [0.2, 0.25) is 5.02 Å². The van der Waals surface area contributed by atoms with Gasteiger partial charge in [-0.3, -0.25) is 0 Å². The number of anilines is 2. The molecule has 1 aliphatic rings. The zero-order valence-electron chi connectivity index (χ0n) is 7.37. The van der Waals surface area contributed by atoms with E-state index in [1.165, 1.54) is 19.0 Å². The summed E-state index contributed by atoms with van der Waals surface area (Å²) < 4.78 is 0. The van der Waals surface area contributed by atoms with Crippen LogP contribution in [0.4, 0.5) is 11.8 Å². The van der Waals surface area contributed by atoms with Crippen molar-refractivity contribution >= 4 is 23.4 Å². The lowest BCUT2D eigenvalue weighted by Gasteiger charge is -2.18. The topological polar surface area (TPSA) is 55.0 Å². The number of halogens is 1. The van der Waals surface area contributed by atoms with Crippen LogP contribution in [0.1, 0.15) is 12.8 Å². The van der Waals surface area contributed by atoms with Crippen molar-refractivity contribution in [2.75, 3.05) is 17.7 Å². The second-order valence-corrected chi connectivity index (χ2v) is 3.65. The maximum Gasteiger partial charge on any atom is 0.222 e. The average Bonchev–Trinajstić information content (AvgIpc) is 2.91. The van der Waals surface area contributed by atoms with Crippen LogP contribution in [-0.4, -0.2) is 23.1 Å². The van der Waals surface area contributed by atoms with E-state index >= 15 is 0 Å². The summed E-state index contributed by atoms with van der Waals surface area (Å²) in [5, 5.41) is 0.559. The fourth-order valence-corrected chi connectivity index (χ4v) is 1.48. The maximum absolute atomic E-state index is 5.94. The Balaban J connectivity index is 2.31. The van der Waals surface area contributed by atoms with Crippen LogP contribution in [-0.2, 0) is 0 Å². The summed E-state index contributed by atoms with van der Waals surface area (Å²) in [7, 11) is 1.98. The Morgan fingerprint density at radius 3 is 2.92 bits per heavy atom. The Morgan fingerprint density at radius 1 is 1.62 bits per heavy atom. The summed E-state index contributed by atoms with van der Waals surface area (Å²) in [6.45, 7) is 0. The van der Waals surface area contributed by atoms with E-state index in [4.69, 9.17) is 17.3 Å². The summed E-state index contributed by atoms with van der Waals surface area (Å²) in [5.74, 6) is 1.00. The molecule has 0 atom stereocenters. The van der Waals surface area contributed by atoms with Crippen molar-refractivity contribution in [3.05, 3.63) is 11.2 Å². The fourth-order valence-electron chi connectivity index (χ4n) is 1.25. The number of aromatic nitrogens is 2. The largest absolute Gasteiger partial charge is 0.368 e. The van der Waals surface area contributed by atoms with Gasteiger partial charge in [-0.05, 0) is 12.8 Å². The molecule has 0 bridgehead atoms. The van der Waals surface area contributed by atoms with Crippen molar-refractivity contribution in [3.8, 4) is 0 Å². The molecule has 0 radical (unpaired) electrons. The van der Waals surface area contributed by atoms with Gasteiger partial charge in [0.25, 0.3) is 0 Å². The third kappa shape index (κ3) is 1.67. The van der Waals surface area contributed by atoms with Gasteiger partial charge in [0.05, 0.1) is 6.20 Å². The molecule has 70 valence electrons. The normalized spacial score (nSPS) is 15.8. The van der Waals surface area contributed by atoms with Crippen molar-refractivity contribution in [2.24, 2.45) is 0 Å². The van der Waals surface area contributed by atoms with Gasteiger partial charge in [0.2, 0.25) is 5.95 Å². The molecule has 1 fully saturated rings. The predicted octanol–water partition coefficient (Wildman–Crippen LogP) is 1.31. The maximum atomic E-state index is 5.94. The minimum atomic E-state index is 0.270. The molecule has 0 unspecified atom stereocenters. The molecule has 0 saturated heterocycles. The highest BCUT2D eigenvalue weighted by Gasteiger charge is 2.28. The molecule has 1 aromatic heterocycles. The number of hydrogen-bond acceptors (Lipinski definition) is 4. The van der Waals surface area contributed by atoms with Crippen molar-refractivity contribution < 1.29 is 0 Å². The number of nitrogens with two attached hydrogens (primary N) is 1. The second kappa shape index (κ2) is 3.03. The molecule has 1 heterocycles. The van der Waals surface area contributed by atoms with Crippen LogP contribution in [0.3, 0.4) is 0 Å². The van der Waals surface area contributed by atoms with Gasteiger partial charge in [-0.15, -0.1) is 0 Å². The molecule has 0 amide bonds. The third-order valence-corrected chi connectivity index (χ3v) is 2.44. The zero-order chi connectivity index (χ0) is 9.42. The molecule has 4 nitrogen and oxygen atoms in total. The SMILES string of the molecule is CN(c1nc(N)ncc1Cl)C1CC1. The van der Waals surface area contributed by atoms with E-state index in [1.54, 1.807) is 0 Å². The van der Waals surface area contributed by atoms with Crippen molar-refractivity contribution in [2.45, 2.75) is 18.9 Å². The van der Waals surface area contributed by atoms with Crippen molar-refractivity contribution in [1.82, 2.24) is 9.97 Å². The van der Waals surface area contributed by atoms with Crippen LogP contribution < -0.4 is 10.6 Å². The lowest BCUT2D eigenvalue weighted by Crippen LogP contribution is -2.21. The highest BCUT2D eigenvalue weighted by atomic mass is 35.5. The molecule has 1 saturated carbocycles. The van der Waals surface area contributed by atoms with Crippen LogP contribution in [0.5, 0.6) is 0 Å². The van der Waals surface area contributed by atoms with E-state index in [1.807, 2.05) is 7.05 Å². The Kier molecular flexibility index (Phi) is 2.00. The van der Waals surface area contributed by atoms with Crippen molar-refractivity contribution in [3.63, 3.8) is 0 Å². The molecular weight excluding hydrogens is 188 g/mol. The number of rotatable bonds is 2. The minimum absolute atomic E-state index is 0.270. The molecule has 5 heteroatoms. The van der Waals surface area contributed by atoms with Gasteiger partial charge < -0.3 is 10.6 Å². The van der Waals surface area contributed by atoms with Crippen LogP contribution >= 0.6 is 11.6 Å². The fraction of sp³-hybridized carbons (Fsp3) is 0.500. The quantitative estimate of drug-likeness (QED) is 0.779. The molecule has 0 spiro atoms. The molecule has 2 rings (SSSR count). The average molecular weight is 199 g/mol. The highest BCUT2D eigenvalue weighted by Crippen LogP contribution is 2.32. The molecule has 0 aliphatic heterocycles. The van der Waals surface area contributed by atoms with Gasteiger partial charge in [0, 0.05) is 13.1 Å². The first kappa shape index (κ1) is 8.56. The Labute approximate surface area is 81.7 Å². The van der Waals surface area contributed by atoms with E-state index in [0.29, 0.717) is 11.1 Å². The predicted molar refractivity (Wildman–Crippen MR) is 52.9 cm³/mol. The lowest BCUT2D eigenvalue weighted by molar-refractivity contribution is 0.888. The summed E-state index contributed by atoms with van der Waals surface area (Å²) >= 11 is 5.94. The Bertz CT molecular complexity index is 324. The molecule has 2 N–H and O–H groups in total. The van der Waals surface area contributed by atoms with Gasteiger partial charge in [-0.25, -0.2) is 4.98 Å². The van der Waals surface area contributed by atoms with Crippen LogP contribution in [0, 0.1) is 0 Å². The smallest absolute Gasteiger partial charge is 0.222 e. The Hall–Kier alpha value is -1.03. The third-order valence-electron chi connectivity index (χ3n) is 2.17. The lowest BCUT2D eigenvalue weighted by atomic mass is 10.5. The monoisotopic (exact) mass is 198 g/mol. The van der Waals surface area contributed by atoms with E-state index < -0.39 is 0 Å². The Morgan fingerprint density at radius 2 is 2.31 bits per heavy atom. The summed E-state index contributed by atoms with van der Waals surface area (Å²) in [6, 6.07) is 0.576. The van der Waals surface area contributed by atoms with E-state index in [0.717, 1.165) is 5.82 Å². The zero-order valence-corrected chi connectivity index (χ0v) is 8.12. The minimum Gasteiger partial charge on any atom is -0.368 e. The van der Waals surface area contributed by atoms with Crippen LogP contribution in [0.15, 0.2) is 6.20 Å². The molecule has 13 heavy (non-hydrogen) atoms. The molecule has 1 aromatic rings. The number of nitrogen functional groups attached to an aromatic ring is 1. The van der Waals surface area contributed by atoms with Gasteiger partial charge in [-0.1, -0.05) is 11.6 Å².